The molecule has 1 saturated carbocycles. The Morgan fingerprint density at radius 3 is 2.67 bits per heavy atom. The van der Waals surface area contributed by atoms with Crippen LogP contribution in [-0.4, -0.2) is 25.1 Å². The summed E-state index contributed by atoms with van der Waals surface area (Å²) in [6, 6.07) is 6.00. The van der Waals surface area contributed by atoms with E-state index in [-0.39, 0.29) is 0 Å². The second-order valence-electron chi connectivity index (χ2n) is 5.24. The normalized spacial score (nSPS) is 15.7. The van der Waals surface area contributed by atoms with Crippen molar-refractivity contribution in [3.05, 3.63) is 23.8 Å². The molecule has 1 aromatic rings. The molecule has 0 atom stereocenters. The first-order valence-electron chi connectivity index (χ1n) is 6.87. The minimum Gasteiger partial charge on any atom is -0.497 e. The zero-order chi connectivity index (χ0) is 13.0. The van der Waals surface area contributed by atoms with E-state index < -0.39 is 0 Å². The number of benzene rings is 1. The molecule has 0 bridgehead atoms. The molecule has 0 aliphatic heterocycles. The van der Waals surface area contributed by atoms with Gasteiger partial charge in [0.1, 0.15) is 5.75 Å². The predicted molar refractivity (Wildman–Crippen MR) is 75.7 cm³/mol. The highest BCUT2D eigenvalue weighted by molar-refractivity contribution is 5.47. The van der Waals surface area contributed by atoms with Gasteiger partial charge in [0.2, 0.25) is 0 Å². The van der Waals surface area contributed by atoms with Crippen LogP contribution in [-0.2, 0) is 6.54 Å². The van der Waals surface area contributed by atoms with Crippen molar-refractivity contribution in [2.75, 3.05) is 25.9 Å². The minimum absolute atomic E-state index is 0.782. The number of nitrogens with two attached hydrogens (primary N) is 1. The van der Waals surface area contributed by atoms with Gasteiger partial charge in [-0.15, -0.1) is 0 Å². The molecule has 2 N–H and O–H groups in total. The van der Waals surface area contributed by atoms with Gasteiger partial charge < -0.3 is 10.5 Å². The molecule has 0 saturated heterocycles. The van der Waals surface area contributed by atoms with E-state index in [1.807, 2.05) is 12.1 Å². The van der Waals surface area contributed by atoms with Crippen molar-refractivity contribution in [3.8, 4) is 5.75 Å². The summed E-state index contributed by atoms with van der Waals surface area (Å²) in [5, 5.41) is 0. The third-order valence-corrected chi connectivity index (χ3v) is 3.82. The van der Waals surface area contributed by atoms with E-state index in [1.54, 1.807) is 7.11 Å². The van der Waals surface area contributed by atoms with Crippen LogP contribution in [0.4, 0.5) is 5.69 Å². The molecule has 1 aromatic carbocycles. The Kier molecular flexibility index (Phi) is 4.48. The van der Waals surface area contributed by atoms with E-state index in [9.17, 15) is 0 Å². The maximum atomic E-state index is 5.89. The lowest BCUT2D eigenvalue weighted by molar-refractivity contribution is 0.178. The smallest absolute Gasteiger partial charge is 0.121 e. The number of nitrogen functional groups attached to an aromatic ring is 1. The summed E-state index contributed by atoms with van der Waals surface area (Å²) in [6.07, 6.45) is 4.21. The van der Waals surface area contributed by atoms with Gasteiger partial charge in [-0.1, -0.05) is 13.3 Å². The van der Waals surface area contributed by atoms with Gasteiger partial charge in [0.25, 0.3) is 0 Å². The van der Waals surface area contributed by atoms with Crippen LogP contribution in [0.15, 0.2) is 18.2 Å². The van der Waals surface area contributed by atoms with Crippen LogP contribution in [0, 0.1) is 5.92 Å². The van der Waals surface area contributed by atoms with Crippen molar-refractivity contribution in [1.29, 1.82) is 0 Å². The lowest BCUT2D eigenvalue weighted by Crippen LogP contribution is -2.32. The number of ether oxygens (including phenoxy) is 1. The van der Waals surface area contributed by atoms with E-state index in [1.165, 1.54) is 31.4 Å². The van der Waals surface area contributed by atoms with Gasteiger partial charge in [0.15, 0.2) is 0 Å². The summed E-state index contributed by atoms with van der Waals surface area (Å²) in [5.41, 5.74) is 7.92. The van der Waals surface area contributed by atoms with E-state index in [0.29, 0.717) is 0 Å². The van der Waals surface area contributed by atoms with E-state index in [2.05, 4.69) is 17.9 Å². The Balaban J connectivity index is 1.98. The van der Waals surface area contributed by atoms with E-state index in [0.717, 1.165) is 30.4 Å². The van der Waals surface area contributed by atoms with Gasteiger partial charge in [-0.05, 0) is 43.0 Å². The van der Waals surface area contributed by atoms with Gasteiger partial charge in [-0.3, -0.25) is 4.90 Å². The molecule has 1 aliphatic rings. The number of anilines is 1. The zero-order valence-electron chi connectivity index (χ0n) is 11.5. The van der Waals surface area contributed by atoms with Crippen molar-refractivity contribution in [2.24, 2.45) is 5.92 Å². The molecule has 3 heteroatoms. The molecule has 0 heterocycles. The Morgan fingerprint density at radius 2 is 2.11 bits per heavy atom. The van der Waals surface area contributed by atoms with Crippen molar-refractivity contribution in [2.45, 2.75) is 32.7 Å². The Hall–Kier alpha value is -1.22. The maximum absolute atomic E-state index is 5.89. The highest BCUT2D eigenvalue weighted by Gasteiger charge is 2.20. The largest absolute Gasteiger partial charge is 0.497 e. The molecule has 3 nitrogen and oxygen atoms in total. The van der Waals surface area contributed by atoms with Crippen molar-refractivity contribution < 1.29 is 4.74 Å². The molecule has 100 valence electrons. The van der Waals surface area contributed by atoms with Crippen LogP contribution < -0.4 is 10.5 Å². The monoisotopic (exact) mass is 248 g/mol. The van der Waals surface area contributed by atoms with Crippen LogP contribution in [0.2, 0.25) is 0 Å². The number of rotatable bonds is 6. The molecule has 0 spiro atoms. The third-order valence-electron chi connectivity index (χ3n) is 3.82. The SMILES string of the molecule is CCN(Cc1cc(N)cc(OC)c1)CC1CCC1. The van der Waals surface area contributed by atoms with Crippen molar-refractivity contribution in [1.82, 2.24) is 4.90 Å². The minimum atomic E-state index is 0.782. The Labute approximate surface area is 110 Å². The fourth-order valence-electron chi connectivity index (χ4n) is 2.50. The van der Waals surface area contributed by atoms with Crippen LogP contribution in [0.1, 0.15) is 31.7 Å². The molecule has 1 fully saturated rings. The average Bonchev–Trinajstić information content (AvgIpc) is 2.31. The van der Waals surface area contributed by atoms with Gasteiger partial charge in [-0.2, -0.15) is 0 Å². The highest BCUT2D eigenvalue weighted by Crippen LogP contribution is 2.28. The first kappa shape index (κ1) is 13.2. The summed E-state index contributed by atoms with van der Waals surface area (Å²) in [6.45, 7) is 5.50. The van der Waals surface area contributed by atoms with Gasteiger partial charge in [-0.25, -0.2) is 0 Å². The fraction of sp³-hybridized carbons (Fsp3) is 0.600. The first-order valence-corrected chi connectivity index (χ1v) is 6.87. The Bertz CT molecular complexity index is 388. The molecule has 1 aliphatic carbocycles. The van der Waals surface area contributed by atoms with Crippen LogP contribution in [0.25, 0.3) is 0 Å². The maximum Gasteiger partial charge on any atom is 0.121 e. The lowest BCUT2D eigenvalue weighted by Gasteiger charge is -2.31. The van der Waals surface area contributed by atoms with Crippen molar-refractivity contribution in [3.63, 3.8) is 0 Å². The molecule has 0 amide bonds. The summed E-state index contributed by atoms with van der Waals surface area (Å²) in [7, 11) is 1.69. The van der Waals surface area contributed by atoms with E-state index in [4.69, 9.17) is 10.5 Å². The lowest BCUT2D eigenvalue weighted by atomic mass is 9.85. The van der Waals surface area contributed by atoms with Gasteiger partial charge in [0.05, 0.1) is 7.11 Å². The first-order chi connectivity index (χ1) is 8.71. The van der Waals surface area contributed by atoms with Crippen LogP contribution >= 0.6 is 0 Å². The zero-order valence-corrected chi connectivity index (χ0v) is 11.5. The predicted octanol–water partition coefficient (Wildman–Crippen LogP) is 2.90. The Morgan fingerprint density at radius 1 is 1.33 bits per heavy atom. The topological polar surface area (TPSA) is 38.5 Å². The second-order valence-corrected chi connectivity index (χ2v) is 5.24. The summed E-state index contributed by atoms with van der Waals surface area (Å²) in [4.78, 5) is 2.50. The van der Waals surface area contributed by atoms with Gasteiger partial charge >= 0.3 is 0 Å². The molecule has 0 radical (unpaired) electrons. The average molecular weight is 248 g/mol. The molecule has 0 unspecified atom stereocenters. The number of hydrogen-bond acceptors (Lipinski definition) is 3. The van der Waals surface area contributed by atoms with Crippen LogP contribution in [0.5, 0.6) is 5.75 Å². The van der Waals surface area contributed by atoms with Gasteiger partial charge in [0, 0.05) is 24.8 Å². The standard InChI is InChI=1S/C15H24N2O/c1-3-17(10-12-5-4-6-12)11-13-7-14(16)9-15(8-13)18-2/h7-9,12H,3-6,10-11,16H2,1-2H3. The molecular formula is C15H24N2O. The highest BCUT2D eigenvalue weighted by atomic mass is 16.5. The molecule has 2 rings (SSSR count). The van der Waals surface area contributed by atoms with E-state index >= 15 is 0 Å². The molecular weight excluding hydrogens is 224 g/mol. The van der Waals surface area contributed by atoms with Crippen LogP contribution in [0.3, 0.4) is 0 Å². The third kappa shape index (κ3) is 3.39. The summed E-state index contributed by atoms with van der Waals surface area (Å²) in [5.74, 6) is 1.76. The quantitative estimate of drug-likeness (QED) is 0.787. The van der Waals surface area contributed by atoms with Crippen molar-refractivity contribution >= 4 is 5.69 Å². The number of methoxy groups -OCH3 is 1. The molecule has 18 heavy (non-hydrogen) atoms. The summed E-state index contributed by atoms with van der Waals surface area (Å²) < 4.78 is 5.27. The number of hydrogen-bond donors (Lipinski definition) is 1. The summed E-state index contributed by atoms with van der Waals surface area (Å²) >= 11 is 0. The second kappa shape index (κ2) is 6.10. The fourth-order valence-corrected chi connectivity index (χ4v) is 2.50. The number of nitrogens with zero attached hydrogens (tertiary/aromatic N) is 1. The molecule has 0 aromatic heterocycles.